The maximum atomic E-state index is 13.2. The van der Waals surface area contributed by atoms with Gasteiger partial charge in [0.2, 0.25) is 15.9 Å². The average molecular weight is 360 g/mol. The smallest absolute Gasteiger partial charge is 0.243 e. The molecule has 1 aliphatic rings. The van der Waals surface area contributed by atoms with Gasteiger partial charge in [0, 0.05) is 18.3 Å². The number of piperidine rings is 1. The van der Waals surface area contributed by atoms with E-state index in [1.807, 2.05) is 32.0 Å². The van der Waals surface area contributed by atoms with Crippen molar-refractivity contribution >= 4 is 10.0 Å². The van der Waals surface area contributed by atoms with E-state index in [1.54, 1.807) is 29.6 Å². The Kier molecular flexibility index (Phi) is 5.11. The van der Waals surface area contributed by atoms with Crippen LogP contribution in [0.5, 0.6) is 5.88 Å². The second-order valence-electron chi connectivity index (χ2n) is 6.47. The minimum Gasteiger partial charge on any atom is -0.481 e. The molecule has 2 aromatic rings. The lowest BCUT2D eigenvalue weighted by atomic mass is 9.96. The highest BCUT2D eigenvalue weighted by atomic mass is 32.2. The van der Waals surface area contributed by atoms with Crippen LogP contribution in [0, 0.1) is 13.8 Å². The number of hydrogen-bond donors (Lipinski definition) is 0. The second-order valence-corrected chi connectivity index (χ2v) is 8.36. The molecule has 6 heteroatoms. The third kappa shape index (κ3) is 3.55. The van der Waals surface area contributed by atoms with Gasteiger partial charge in [-0.3, -0.25) is 0 Å². The van der Waals surface area contributed by atoms with Crippen molar-refractivity contribution in [1.29, 1.82) is 0 Å². The van der Waals surface area contributed by atoms with Gasteiger partial charge in [0.25, 0.3) is 0 Å². The van der Waals surface area contributed by atoms with Crippen LogP contribution in [0.15, 0.2) is 41.3 Å². The summed E-state index contributed by atoms with van der Waals surface area (Å²) in [6, 6.07) is 10.6. The van der Waals surface area contributed by atoms with Crippen LogP contribution in [0.1, 0.15) is 42.1 Å². The van der Waals surface area contributed by atoms with E-state index in [9.17, 15) is 8.42 Å². The molecule has 0 radical (unpaired) electrons. The number of sulfonamides is 1. The van der Waals surface area contributed by atoms with Crippen LogP contribution in [0.3, 0.4) is 0 Å². The monoisotopic (exact) mass is 360 g/mol. The lowest BCUT2D eigenvalue weighted by Gasteiger charge is -2.35. The minimum absolute atomic E-state index is 0.182. The standard InChI is InChI=1S/C19H24N2O3S/c1-14-7-9-16(10-8-14)25(22,23)21-13-5-4-6-18(21)17-11-12-19(24-3)20-15(17)2/h7-12,18H,4-6,13H2,1-3H3/t18-/m1/s1. The summed E-state index contributed by atoms with van der Waals surface area (Å²) in [5.74, 6) is 0.546. The second kappa shape index (κ2) is 7.14. The fraction of sp³-hybridized carbons (Fsp3) is 0.421. The number of aryl methyl sites for hydroxylation is 2. The summed E-state index contributed by atoms with van der Waals surface area (Å²) in [6.45, 7) is 4.39. The number of nitrogens with zero attached hydrogens (tertiary/aromatic N) is 2. The summed E-state index contributed by atoms with van der Waals surface area (Å²) in [5.41, 5.74) is 2.82. The van der Waals surface area contributed by atoms with E-state index in [2.05, 4.69) is 4.98 Å². The molecule has 0 amide bonds. The number of pyridine rings is 1. The Balaban J connectivity index is 2.00. The van der Waals surface area contributed by atoms with E-state index in [-0.39, 0.29) is 6.04 Å². The van der Waals surface area contributed by atoms with E-state index in [0.717, 1.165) is 36.1 Å². The Bertz CT molecular complexity index is 847. The largest absolute Gasteiger partial charge is 0.481 e. The Morgan fingerprint density at radius 2 is 1.80 bits per heavy atom. The summed E-state index contributed by atoms with van der Waals surface area (Å²) in [7, 11) is -1.95. The zero-order chi connectivity index (χ0) is 18.0. The van der Waals surface area contributed by atoms with Crippen LogP contribution >= 0.6 is 0 Å². The molecule has 134 valence electrons. The average Bonchev–Trinajstić information content (AvgIpc) is 2.62. The van der Waals surface area contributed by atoms with E-state index in [4.69, 9.17) is 4.74 Å². The summed E-state index contributed by atoms with van der Waals surface area (Å²) in [4.78, 5) is 4.77. The molecule has 0 bridgehead atoms. The van der Waals surface area contributed by atoms with Crippen molar-refractivity contribution in [3.63, 3.8) is 0 Å². The van der Waals surface area contributed by atoms with Gasteiger partial charge >= 0.3 is 0 Å². The number of rotatable bonds is 4. The molecular formula is C19H24N2O3S. The highest BCUT2D eigenvalue weighted by Gasteiger charge is 2.35. The fourth-order valence-electron chi connectivity index (χ4n) is 3.36. The molecule has 1 saturated heterocycles. The zero-order valence-electron chi connectivity index (χ0n) is 14.9. The Morgan fingerprint density at radius 1 is 1.08 bits per heavy atom. The molecular weight excluding hydrogens is 336 g/mol. The van der Waals surface area contributed by atoms with Crippen molar-refractivity contribution in [2.24, 2.45) is 0 Å². The zero-order valence-corrected chi connectivity index (χ0v) is 15.7. The van der Waals surface area contributed by atoms with Crippen molar-refractivity contribution in [3.8, 4) is 5.88 Å². The highest BCUT2D eigenvalue weighted by Crippen LogP contribution is 2.36. The van der Waals surface area contributed by atoms with Crippen molar-refractivity contribution in [2.75, 3.05) is 13.7 Å². The molecule has 0 N–H and O–H groups in total. The molecule has 1 aliphatic heterocycles. The number of hydrogen-bond acceptors (Lipinski definition) is 4. The molecule has 1 aromatic carbocycles. The van der Waals surface area contributed by atoms with Crippen LogP contribution < -0.4 is 4.74 Å². The molecule has 1 atom stereocenters. The summed E-state index contributed by atoms with van der Waals surface area (Å²) < 4.78 is 33.2. The van der Waals surface area contributed by atoms with Crippen molar-refractivity contribution < 1.29 is 13.2 Å². The highest BCUT2D eigenvalue weighted by molar-refractivity contribution is 7.89. The fourth-order valence-corrected chi connectivity index (χ4v) is 5.04. The van der Waals surface area contributed by atoms with Crippen LogP contribution in [-0.4, -0.2) is 31.4 Å². The van der Waals surface area contributed by atoms with Crippen molar-refractivity contribution in [2.45, 2.75) is 44.0 Å². The molecule has 0 saturated carbocycles. The number of methoxy groups -OCH3 is 1. The normalized spacial score (nSPS) is 18.9. The van der Waals surface area contributed by atoms with E-state index in [1.165, 1.54) is 0 Å². The van der Waals surface area contributed by atoms with Gasteiger partial charge in [-0.25, -0.2) is 13.4 Å². The lowest BCUT2D eigenvalue weighted by Crippen LogP contribution is -2.38. The van der Waals surface area contributed by atoms with E-state index < -0.39 is 10.0 Å². The minimum atomic E-state index is -3.53. The lowest BCUT2D eigenvalue weighted by molar-refractivity contribution is 0.254. The quantitative estimate of drug-likeness (QED) is 0.835. The first kappa shape index (κ1) is 17.9. The first-order chi connectivity index (χ1) is 11.9. The number of aromatic nitrogens is 1. The summed E-state index contributed by atoms with van der Waals surface area (Å²) >= 11 is 0. The first-order valence-electron chi connectivity index (χ1n) is 8.53. The van der Waals surface area contributed by atoms with Gasteiger partial charge < -0.3 is 4.74 Å². The summed E-state index contributed by atoms with van der Waals surface area (Å²) in [6.07, 6.45) is 2.69. The Labute approximate surface area is 149 Å². The van der Waals surface area contributed by atoms with Gasteiger partial charge in [-0.05, 0) is 44.4 Å². The molecule has 3 rings (SSSR count). The molecule has 0 unspecified atom stereocenters. The van der Waals surface area contributed by atoms with Gasteiger partial charge in [0.15, 0.2) is 0 Å². The SMILES string of the molecule is COc1ccc([C@H]2CCCCN2S(=O)(=O)c2ccc(C)cc2)c(C)n1. The molecule has 5 nitrogen and oxygen atoms in total. The Morgan fingerprint density at radius 3 is 2.44 bits per heavy atom. The topological polar surface area (TPSA) is 59.5 Å². The molecule has 2 heterocycles. The molecule has 0 spiro atoms. The summed E-state index contributed by atoms with van der Waals surface area (Å²) in [5, 5.41) is 0. The van der Waals surface area contributed by atoms with Gasteiger partial charge in [0.1, 0.15) is 0 Å². The van der Waals surface area contributed by atoms with E-state index >= 15 is 0 Å². The predicted octanol–water partition coefficient (Wildman–Crippen LogP) is 3.62. The maximum absolute atomic E-state index is 13.2. The third-order valence-corrected chi connectivity index (χ3v) is 6.67. The van der Waals surface area contributed by atoms with Gasteiger partial charge in [0.05, 0.1) is 18.0 Å². The Hall–Kier alpha value is -1.92. The number of ether oxygens (including phenoxy) is 1. The van der Waals surface area contributed by atoms with Gasteiger partial charge in [-0.1, -0.05) is 30.2 Å². The number of benzene rings is 1. The molecule has 1 aromatic heterocycles. The van der Waals surface area contributed by atoms with Crippen molar-refractivity contribution in [1.82, 2.24) is 9.29 Å². The first-order valence-corrected chi connectivity index (χ1v) is 9.97. The molecule has 25 heavy (non-hydrogen) atoms. The maximum Gasteiger partial charge on any atom is 0.243 e. The van der Waals surface area contributed by atoms with Crippen molar-refractivity contribution in [3.05, 3.63) is 53.2 Å². The van der Waals surface area contributed by atoms with Gasteiger partial charge in [-0.2, -0.15) is 4.31 Å². The van der Waals surface area contributed by atoms with Crippen LogP contribution in [0.2, 0.25) is 0 Å². The van der Waals surface area contributed by atoms with Crippen LogP contribution in [-0.2, 0) is 10.0 Å². The van der Waals surface area contributed by atoms with Crippen LogP contribution in [0.25, 0.3) is 0 Å². The van der Waals surface area contributed by atoms with E-state index in [0.29, 0.717) is 17.3 Å². The molecule has 0 aliphatic carbocycles. The van der Waals surface area contributed by atoms with Gasteiger partial charge in [-0.15, -0.1) is 0 Å². The van der Waals surface area contributed by atoms with Crippen LogP contribution in [0.4, 0.5) is 0 Å². The predicted molar refractivity (Wildman–Crippen MR) is 97.2 cm³/mol. The molecule has 1 fully saturated rings. The third-order valence-electron chi connectivity index (χ3n) is 4.75.